The van der Waals surface area contributed by atoms with Crippen LogP contribution in [-0.2, 0) is 13.1 Å². The van der Waals surface area contributed by atoms with E-state index in [9.17, 15) is 8.78 Å². The number of rotatable bonds is 7. The van der Waals surface area contributed by atoms with Crippen molar-refractivity contribution in [1.82, 2.24) is 34.4 Å². The van der Waals surface area contributed by atoms with Gasteiger partial charge in [-0.2, -0.15) is 5.10 Å². The second-order valence-electron chi connectivity index (χ2n) is 9.54. The normalized spacial score (nSPS) is 11.5. The summed E-state index contributed by atoms with van der Waals surface area (Å²) in [5, 5.41) is 4.27. The Bertz CT molecular complexity index is 1780. The molecule has 0 amide bonds. The molecule has 0 aliphatic heterocycles. The van der Waals surface area contributed by atoms with Crippen LogP contribution in [0.25, 0.3) is 39.4 Å². The van der Waals surface area contributed by atoms with E-state index in [1.165, 1.54) is 18.5 Å². The number of hydrogen-bond acceptors (Lipinski definition) is 5. The lowest BCUT2D eigenvalue weighted by atomic mass is 9.98. The minimum atomic E-state index is -0.599. The molecule has 0 bridgehead atoms. The maximum atomic E-state index is 13.9. The quantitative estimate of drug-likeness (QED) is 0.301. The molecule has 4 heterocycles. The summed E-state index contributed by atoms with van der Waals surface area (Å²) in [7, 11) is 1.98. The van der Waals surface area contributed by atoms with Crippen molar-refractivity contribution in [3.63, 3.8) is 0 Å². The van der Waals surface area contributed by atoms with E-state index in [1.807, 2.05) is 75.7 Å². The van der Waals surface area contributed by atoms with E-state index in [0.29, 0.717) is 18.7 Å². The lowest BCUT2D eigenvalue weighted by molar-refractivity contribution is 0.433. The summed E-state index contributed by atoms with van der Waals surface area (Å²) in [5.41, 5.74) is 7.17. The summed E-state index contributed by atoms with van der Waals surface area (Å²) in [6, 6.07) is 21.0. The summed E-state index contributed by atoms with van der Waals surface area (Å²) in [4.78, 5) is 19.5. The number of nitrogens with one attached hydrogen (secondary N) is 1. The van der Waals surface area contributed by atoms with Crippen LogP contribution in [0.2, 0.25) is 0 Å². The Labute approximate surface area is 224 Å². The van der Waals surface area contributed by atoms with E-state index in [4.69, 9.17) is 9.97 Å². The van der Waals surface area contributed by atoms with Crippen molar-refractivity contribution in [3.8, 4) is 33.8 Å². The van der Waals surface area contributed by atoms with E-state index in [1.54, 1.807) is 4.52 Å². The molecule has 192 valence electrons. The number of fused-ring (bicyclic) bond motifs is 1. The number of H-pyrrole nitrogens is 1. The van der Waals surface area contributed by atoms with E-state index in [-0.39, 0.29) is 0 Å². The monoisotopic (exact) mass is 519 g/mol. The highest BCUT2D eigenvalue weighted by molar-refractivity contribution is 6.04. The van der Waals surface area contributed by atoms with Crippen molar-refractivity contribution in [2.75, 3.05) is 0 Å². The van der Waals surface area contributed by atoms with Crippen LogP contribution in [0.5, 0.6) is 0 Å². The van der Waals surface area contributed by atoms with Crippen molar-refractivity contribution < 1.29 is 8.78 Å². The Kier molecular flexibility index (Phi) is 6.46. The van der Waals surface area contributed by atoms with Crippen LogP contribution in [-0.4, -0.2) is 42.3 Å². The van der Waals surface area contributed by atoms with Crippen molar-refractivity contribution in [3.05, 3.63) is 114 Å². The highest BCUT2D eigenvalue weighted by Crippen LogP contribution is 2.30. The Morgan fingerprint density at radius 1 is 0.897 bits per heavy atom. The molecule has 7 nitrogen and oxygen atoms in total. The van der Waals surface area contributed by atoms with Crippen molar-refractivity contribution >= 4 is 13.6 Å². The second kappa shape index (κ2) is 10.2. The number of imidazole rings is 1. The Morgan fingerprint density at radius 3 is 2.54 bits per heavy atom. The van der Waals surface area contributed by atoms with E-state index in [0.717, 1.165) is 57.0 Å². The van der Waals surface area contributed by atoms with Crippen molar-refractivity contribution in [1.29, 1.82) is 0 Å². The number of aryl methyl sites for hydroxylation is 1. The molecule has 6 rings (SSSR count). The predicted molar refractivity (Wildman–Crippen MR) is 148 cm³/mol. The maximum absolute atomic E-state index is 13.9. The van der Waals surface area contributed by atoms with Gasteiger partial charge in [0.15, 0.2) is 13.6 Å². The molecule has 0 saturated heterocycles. The maximum Gasteiger partial charge on any atom is 0.186 e. The number of hydrogen-bond donors (Lipinski definition) is 1. The van der Waals surface area contributed by atoms with Crippen LogP contribution in [0.1, 0.15) is 17.1 Å². The first-order valence-corrected chi connectivity index (χ1v) is 12.5. The number of pyridine rings is 2. The number of halogens is 2. The fourth-order valence-corrected chi connectivity index (χ4v) is 4.78. The summed E-state index contributed by atoms with van der Waals surface area (Å²) in [6.07, 6.45) is 3.43. The third kappa shape index (κ3) is 5.19. The Morgan fingerprint density at radius 2 is 1.72 bits per heavy atom. The molecule has 2 aromatic carbocycles. The predicted octanol–water partition coefficient (Wildman–Crippen LogP) is 4.99. The highest BCUT2D eigenvalue weighted by atomic mass is 19.1. The van der Waals surface area contributed by atoms with Crippen LogP contribution < -0.4 is 0 Å². The van der Waals surface area contributed by atoms with Gasteiger partial charge in [-0.1, -0.05) is 30.3 Å². The Balaban J connectivity index is 1.32. The molecule has 6 aromatic rings. The Hall–Kier alpha value is -4.70. The molecular formula is C29H24BF2N7. The highest BCUT2D eigenvalue weighted by Gasteiger charge is 2.18. The van der Waals surface area contributed by atoms with Crippen molar-refractivity contribution in [2.45, 2.75) is 20.0 Å². The number of aromatic amines is 1. The molecule has 10 heteroatoms. The molecule has 0 aliphatic rings. The topological polar surface area (TPSA) is 75.0 Å². The molecule has 0 saturated carbocycles. The molecule has 0 spiro atoms. The minimum absolute atomic E-state index is 0.507. The minimum Gasteiger partial charge on any atom is -0.340 e. The van der Waals surface area contributed by atoms with E-state index in [2.05, 4.69) is 19.9 Å². The van der Waals surface area contributed by atoms with Gasteiger partial charge in [-0.25, -0.2) is 23.3 Å². The SMILES string of the molecule is BN(Cc1nc(-c2cccc(C)n2)c(-c2ccc3ncnn3c2)[nH]1)Cc1ccccc1-c1cc(F)cc(F)c1. The average molecular weight is 519 g/mol. The molecule has 0 atom stereocenters. The molecule has 4 aromatic heterocycles. The number of aromatic nitrogens is 6. The van der Waals surface area contributed by atoms with E-state index < -0.39 is 11.6 Å². The van der Waals surface area contributed by atoms with Gasteiger partial charge in [0, 0.05) is 36.6 Å². The van der Waals surface area contributed by atoms with Crippen LogP contribution in [0.3, 0.4) is 0 Å². The zero-order chi connectivity index (χ0) is 26.9. The summed E-state index contributed by atoms with van der Waals surface area (Å²) in [6.45, 7) is 3.01. The summed E-state index contributed by atoms with van der Waals surface area (Å²) >= 11 is 0. The van der Waals surface area contributed by atoms with Crippen molar-refractivity contribution in [2.24, 2.45) is 0 Å². The van der Waals surface area contributed by atoms with Gasteiger partial charge in [0.2, 0.25) is 0 Å². The van der Waals surface area contributed by atoms with E-state index >= 15 is 0 Å². The molecular weight excluding hydrogens is 495 g/mol. The van der Waals surface area contributed by atoms with Crippen LogP contribution in [0.4, 0.5) is 8.78 Å². The lowest BCUT2D eigenvalue weighted by Crippen LogP contribution is -2.20. The molecule has 0 unspecified atom stereocenters. The molecule has 0 fully saturated rings. The fraction of sp³-hybridized carbons (Fsp3) is 0.103. The third-order valence-electron chi connectivity index (χ3n) is 6.50. The standard InChI is InChI=1S/C29H24BF2N7/c1-18-5-4-8-25(35-18)29-28(20-9-10-27-33-17-34-39(27)15-20)36-26(37-29)16-38(30)14-19-6-2-3-7-24(19)21-11-22(31)13-23(32)12-21/h2-13,15,17H,14,16,30H2,1H3,(H,36,37). The van der Waals surface area contributed by atoms with Gasteiger partial charge in [0.05, 0.1) is 11.4 Å². The van der Waals surface area contributed by atoms with Gasteiger partial charge >= 0.3 is 0 Å². The van der Waals surface area contributed by atoms with Crippen LogP contribution in [0.15, 0.2) is 85.3 Å². The molecule has 0 radical (unpaired) electrons. The van der Waals surface area contributed by atoms with Gasteiger partial charge in [0.25, 0.3) is 0 Å². The zero-order valence-electron chi connectivity index (χ0n) is 21.4. The first-order valence-electron chi connectivity index (χ1n) is 12.5. The molecule has 1 N–H and O–H groups in total. The number of nitrogens with zero attached hydrogens (tertiary/aromatic N) is 6. The average Bonchev–Trinajstić information content (AvgIpc) is 3.55. The third-order valence-corrected chi connectivity index (χ3v) is 6.50. The largest absolute Gasteiger partial charge is 0.340 e. The first kappa shape index (κ1) is 24.6. The fourth-order valence-electron chi connectivity index (χ4n) is 4.78. The smallest absolute Gasteiger partial charge is 0.186 e. The second-order valence-corrected chi connectivity index (χ2v) is 9.54. The zero-order valence-corrected chi connectivity index (χ0v) is 21.4. The summed E-state index contributed by atoms with van der Waals surface area (Å²) < 4.78 is 29.6. The van der Waals surface area contributed by atoms with Gasteiger partial charge in [-0.15, -0.1) is 0 Å². The van der Waals surface area contributed by atoms with Gasteiger partial charge < -0.3 is 9.79 Å². The first-order chi connectivity index (χ1) is 18.9. The van der Waals surface area contributed by atoms with Gasteiger partial charge in [-0.05, 0) is 60.0 Å². The molecule has 39 heavy (non-hydrogen) atoms. The van der Waals surface area contributed by atoms with Gasteiger partial charge in [0.1, 0.15) is 29.5 Å². The van der Waals surface area contributed by atoms with Crippen LogP contribution >= 0.6 is 0 Å². The van der Waals surface area contributed by atoms with Gasteiger partial charge in [-0.3, -0.25) is 4.98 Å². The number of benzene rings is 2. The van der Waals surface area contributed by atoms with Crippen LogP contribution in [0, 0.1) is 18.6 Å². The lowest BCUT2D eigenvalue weighted by Gasteiger charge is -2.18. The molecule has 0 aliphatic carbocycles. The summed E-state index contributed by atoms with van der Waals surface area (Å²) in [5.74, 6) is -0.436.